The van der Waals surface area contributed by atoms with Crippen LogP contribution in [0.15, 0.2) is 18.5 Å². The molecule has 0 radical (unpaired) electrons. The van der Waals surface area contributed by atoms with Crippen molar-refractivity contribution in [3.63, 3.8) is 0 Å². The van der Waals surface area contributed by atoms with E-state index in [-0.39, 0.29) is 5.60 Å². The summed E-state index contributed by atoms with van der Waals surface area (Å²) in [6.45, 7) is 3.17. The molecule has 3 N–H and O–H groups in total. The fourth-order valence-electron chi connectivity index (χ4n) is 4.45. The van der Waals surface area contributed by atoms with Crippen LogP contribution in [0.3, 0.4) is 0 Å². The number of nitrogens with one attached hydrogen (secondary N) is 1. The third-order valence-corrected chi connectivity index (χ3v) is 6.06. The van der Waals surface area contributed by atoms with E-state index in [1.165, 1.54) is 38.6 Å². The maximum absolute atomic E-state index is 10.6. The van der Waals surface area contributed by atoms with Gasteiger partial charge in [-0.25, -0.2) is 19.6 Å². The van der Waals surface area contributed by atoms with Gasteiger partial charge in [-0.05, 0) is 38.2 Å². The van der Waals surface area contributed by atoms with E-state index >= 15 is 0 Å². The molecule has 1 spiro atoms. The van der Waals surface area contributed by atoms with Crippen LogP contribution in [0.5, 0.6) is 0 Å². The first kappa shape index (κ1) is 29.5. The lowest BCUT2D eigenvalue weighted by Gasteiger charge is -2.39. The van der Waals surface area contributed by atoms with Gasteiger partial charge in [0, 0.05) is 44.2 Å². The van der Waals surface area contributed by atoms with E-state index in [1.54, 1.807) is 12.4 Å². The van der Waals surface area contributed by atoms with Gasteiger partial charge >= 0.3 is 24.3 Å². The SMILES string of the molecule is O=C(O)C(F)(F)F.O=C(O)C(F)(F)F.c1cnc(N[C@@H]2CCO[C@]3(CCN(C4CCCC4)C3)C2)nc1. The maximum atomic E-state index is 10.6. The zero-order chi connectivity index (χ0) is 27.0. The van der Waals surface area contributed by atoms with Crippen LogP contribution in [0.2, 0.25) is 0 Å². The van der Waals surface area contributed by atoms with Crippen molar-refractivity contribution in [1.29, 1.82) is 0 Å². The van der Waals surface area contributed by atoms with E-state index in [4.69, 9.17) is 24.5 Å². The Kier molecular flexibility index (Phi) is 10.3. The zero-order valence-corrected chi connectivity index (χ0v) is 19.2. The minimum Gasteiger partial charge on any atom is -0.475 e. The van der Waals surface area contributed by atoms with E-state index in [1.807, 2.05) is 6.07 Å². The minimum absolute atomic E-state index is 0.0628. The van der Waals surface area contributed by atoms with Crippen LogP contribution >= 0.6 is 0 Å². The average Bonchev–Trinajstić information content (AvgIpc) is 3.45. The maximum Gasteiger partial charge on any atom is 0.490 e. The molecular formula is C21H28F6N4O5. The molecule has 1 aromatic rings. The summed E-state index contributed by atoms with van der Waals surface area (Å²) in [7, 11) is 0. The molecule has 0 amide bonds. The first-order chi connectivity index (χ1) is 16.7. The van der Waals surface area contributed by atoms with Gasteiger partial charge in [-0.1, -0.05) is 12.8 Å². The van der Waals surface area contributed by atoms with Crippen LogP contribution in [0.25, 0.3) is 0 Å². The Morgan fingerprint density at radius 1 is 1.00 bits per heavy atom. The fraction of sp³-hybridized carbons (Fsp3) is 0.714. The Morgan fingerprint density at radius 3 is 2.03 bits per heavy atom. The molecule has 15 heteroatoms. The lowest BCUT2D eigenvalue weighted by atomic mass is 9.89. The highest BCUT2D eigenvalue weighted by atomic mass is 19.4. The molecule has 0 unspecified atom stereocenters. The lowest BCUT2D eigenvalue weighted by Crippen LogP contribution is -2.47. The standard InChI is InChI=1S/C17H26N4O.2C2HF3O2/c1-2-5-15(4-1)21-10-7-17(13-21)12-14(6-11-22-17)20-16-18-8-3-9-19-16;2*3-2(4,5)1(6)7/h3,8-9,14-15H,1-2,4-7,10-13H2,(H,18,19,20);2*(H,6,7)/t14-,17-;;/m1../s1. The summed E-state index contributed by atoms with van der Waals surface area (Å²) in [5.74, 6) is -4.77. The molecule has 9 nitrogen and oxygen atoms in total. The summed E-state index contributed by atoms with van der Waals surface area (Å²) in [6, 6.07) is 3.10. The van der Waals surface area contributed by atoms with Gasteiger partial charge in [0.05, 0.1) is 5.60 Å². The third-order valence-electron chi connectivity index (χ3n) is 6.06. The number of alkyl halides is 6. The molecule has 4 rings (SSSR count). The van der Waals surface area contributed by atoms with Crippen LogP contribution in [-0.4, -0.2) is 86.8 Å². The van der Waals surface area contributed by atoms with Gasteiger partial charge in [0.25, 0.3) is 0 Å². The van der Waals surface area contributed by atoms with Gasteiger partial charge in [0.15, 0.2) is 0 Å². The number of hydrogen-bond donors (Lipinski definition) is 3. The number of halogens is 6. The molecule has 3 aliphatic rings. The number of carbonyl (C=O) groups is 2. The van der Waals surface area contributed by atoms with Crippen LogP contribution in [0.1, 0.15) is 44.9 Å². The zero-order valence-electron chi connectivity index (χ0n) is 19.2. The number of hydrogen-bond acceptors (Lipinski definition) is 7. The molecule has 2 aliphatic heterocycles. The fourth-order valence-corrected chi connectivity index (χ4v) is 4.45. The van der Waals surface area contributed by atoms with Gasteiger partial charge in [-0.3, -0.25) is 4.90 Å². The third kappa shape index (κ3) is 9.41. The minimum atomic E-state index is -5.08. The molecule has 1 saturated carbocycles. The first-order valence-electron chi connectivity index (χ1n) is 11.2. The van der Waals surface area contributed by atoms with Crippen molar-refractivity contribution in [3.8, 4) is 0 Å². The van der Waals surface area contributed by atoms with Crippen LogP contribution in [-0.2, 0) is 14.3 Å². The van der Waals surface area contributed by atoms with Crippen molar-refractivity contribution < 1.29 is 50.9 Å². The summed E-state index contributed by atoms with van der Waals surface area (Å²) in [5, 5.41) is 17.7. The second-order valence-corrected chi connectivity index (χ2v) is 8.70. The predicted octanol–water partition coefficient (Wildman–Crippen LogP) is 3.72. The van der Waals surface area contributed by atoms with Crippen molar-refractivity contribution in [2.75, 3.05) is 25.0 Å². The summed E-state index contributed by atoms with van der Waals surface area (Å²) in [5.41, 5.74) is 0.0628. The summed E-state index contributed by atoms with van der Waals surface area (Å²) in [4.78, 5) is 29.1. The number of aromatic nitrogens is 2. The highest BCUT2D eigenvalue weighted by molar-refractivity contribution is 5.73. The first-order valence-corrected chi connectivity index (χ1v) is 11.2. The number of anilines is 1. The van der Waals surface area contributed by atoms with Crippen molar-refractivity contribution >= 4 is 17.9 Å². The molecule has 2 saturated heterocycles. The Bertz CT molecular complexity index is 827. The van der Waals surface area contributed by atoms with Crippen molar-refractivity contribution in [2.24, 2.45) is 0 Å². The molecule has 1 aromatic heterocycles. The van der Waals surface area contributed by atoms with Crippen molar-refractivity contribution in [2.45, 2.75) is 75.0 Å². The topological polar surface area (TPSA) is 125 Å². The van der Waals surface area contributed by atoms with Crippen LogP contribution in [0, 0.1) is 0 Å². The number of rotatable bonds is 3. The van der Waals surface area contributed by atoms with Gasteiger partial charge in [-0.15, -0.1) is 0 Å². The quantitative estimate of drug-likeness (QED) is 0.502. The normalized spacial score (nSPS) is 24.9. The van der Waals surface area contributed by atoms with Crippen molar-refractivity contribution in [1.82, 2.24) is 14.9 Å². The van der Waals surface area contributed by atoms with Crippen LogP contribution in [0.4, 0.5) is 32.3 Å². The molecule has 0 bridgehead atoms. The molecule has 2 atom stereocenters. The van der Waals surface area contributed by atoms with Gasteiger partial charge in [0.1, 0.15) is 0 Å². The van der Waals surface area contributed by atoms with Gasteiger partial charge < -0.3 is 20.3 Å². The van der Waals surface area contributed by atoms with E-state index in [0.717, 1.165) is 38.0 Å². The monoisotopic (exact) mass is 530 g/mol. The van der Waals surface area contributed by atoms with Crippen molar-refractivity contribution in [3.05, 3.63) is 18.5 Å². The Labute approximate surface area is 202 Å². The smallest absolute Gasteiger partial charge is 0.475 e. The van der Waals surface area contributed by atoms with Gasteiger partial charge in [-0.2, -0.15) is 26.3 Å². The Morgan fingerprint density at radius 2 is 1.53 bits per heavy atom. The average molecular weight is 530 g/mol. The summed E-state index contributed by atoms with van der Waals surface area (Å²) < 4.78 is 69.7. The molecule has 0 aromatic carbocycles. The molecular weight excluding hydrogens is 502 g/mol. The van der Waals surface area contributed by atoms with E-state index in [2.05, 4.69) is 20.2 Å². The molecule has 204 valence electrons. The number of nitrogens with zero attached hydrogens (tertiary/aromatic N) is 3. The number of aliphatic carboxylic acids is 2. The highest BCUT2D eigenvalue weighted by Gasteiger charge is 2.45. The highest BCUT2D eigenvalue weighted by Crippen LogP contribution is 2.38. The largest absolute Gasteiger partial charge is 0.490 e. The second kappa shape index (κ2) is 12.5. The molecule has 1 aliphatic carbocycles. The molecule has 3 heterocycles. The van der Waals surface area contributed by atoms with E-state index in [9.17, 15) is 26.3 Å². The molecule has 36 heavy (non-hydrogen) atoms. The Hall–Kier alpha value is -2.68. The van der Waals surface area contributed by atoms with E-state index < -0.39 is 24.3 Å². The lowest BCUT2D eigenvalue weighted by molar-refractivity contribution is -0.193. The number of carboxylic acid groups (broad SMARTS) is 2. The summed E-state index contributed by atoms with van der Waals surface area (Å²) >= 11 is 0. The van der Waals surface area contributed by atoms with Crippen LogP contribution < -0.4 is 5.32 Å². The predicted molar refractivity (Wildman–Crippen MR) is 113 cm³/mol. The second-order valence-electron chi connectivity index (χ2n) is 8.70. The number of likely N-dealkylation sites (tertiary alicyclic amines) is 1. The van der Waals surface area contributed by atoms with Gasteiger partial charge in [0.2, 0.25) is 5.95 Å². The summed E-state index contributed by atoms with van der Waals surface area (Å²) in [6.07, 6.45) is 2.30. The number of carboxylic acids is 2. The number of ether oxygens (including phenoxy) is 1. The Balaban J connectivity index is 0.000000271. The molecule has 3 fully saturated rings. The van der Waals surface area contributed by atoms with E-state index in [0.29, 0.717) is 6.04 Å².